The molecule has 1 N–H and O–H groups in total. The fourth-order valence-corrected chi connectivity index (χ4v) is 3.19. The molecule has 6 nitrogen and oxygen atoms in total. The van der Waals surface area contributed by atoms with E-state index in [4.69, 9.17) is 4.74 Å². The highest BCUT2D eigenvalue weighted by Crippen LogP contribution is 2.33. The largest absolute Gasteiger partial charge is 0.477 e. The molecule has 0 saturated carbocycles. The Balaban J connectivity index is 1.77. The van der Waals surface area contributed by atoms with Gasteiger partial charge >= 0.3 is 0 Å². The number of rotatable bonds is 5. The number of fused-ring (bicyclic) bond motifs is 1. The minimum Gasteiger partial charge on any atom is -0.477 e. The second kappa shape index (κ2) is 8.22. The third-order valence-electron chi connectivity index (χ3n) is 4.94. The number of likely N-dealkylation sites (N-methyl/N-ethyl adjacent to an activating group) is 2. The fraction of sp³-hybridized carbons (Fsp3) is 0.333. The summed E-state index contributed by atoms with van der Waals surface area (Å²) in [5.41, 5.74) is 1.85. The molecule has 0 spiro atoms. The van der Waals surface area contributed by atoms with Crippen molar-refractivity contribution in [3.8, 4) is 5.75 Å². The van der Waals surface area contributed by atoms with Gasteiger partial charge in [0.2, 0.25) is 5.91 Å². The maximum atomic E-state index is 13.1. The third kappa shape index (κ3) is 4.11. The van der Waals surface area contributed by atoms with Gasteiger partial charge in [0.15, 0.2) is 6.10 Å². The lowest BCUT2D eigenvalue weighted by Crippen LogP contribution is -2.52. The first-order chi connectivity index (χ1) is 13.0. The number of carbonyl (C=O) groups is 2. The van der Waals surface area contributed by atoms with Crippen molar-refractivity contribution in [1.82, 2.24) is 10.2 Å². The number of ether oxygens (including phenoxy) is 1. The Morgan fingerprint density at radius 3 is 2.56 bits per heavy atom. The van der Waals surface area contributed by atoms with Crippen molar-refractivity contribution in [2.24, 2.45) is 0 Å². The van der Waals surface area contributed by atoms with Crippen molar-refractivity contribution >= 4 is 17.5 Å². The van der Waals surface area contributed by atoms with Gasteiger partial charge in [-0.15, -0.1) is 0 Å². The van der Waals surface area contributed by atoms with Crippen LogP contribution in [0.5, 0.6) is 5.75 Å². The number of amides is 2. The lowest BCUT2D eigenvalue weighted by atomic mass is 10.1. The van der Waals surface area contributed by atoms with Crippen LogP contribution in [0.4, 0.5) is 5.69 Å². The maximum Gasteiger partial charge on any atom is 0.262 e. The van der Waals surface area contributed by atoms with Gasteiger partial charge in [-0.1, -0.05) is 42.5 Å². The van der Waals surface area contributed by atoms with E-state index >= 15 is 0 Å². The van der Waals surface area contributed by atoms with E-state index in [1.807, 2.05) is 48.3 Å². The molecular formula is C21H25N3O3. The lowest BCUT2D eigenvalue weighted by Gasteiger charge is -2.35. The quantitative estimate of drug-likeness (QED) is 0.880. The smallest absolute Gasteiger partial charge is 0.262 e. The molecule has 0 aliphatic carbocycles. The summed E-state index contributed by atoms with van der Waals surface area (Å²) < 4.78 is 5.77. The highest BCUT2D eigenvalue weighted by Gasteiger charge is 2.33. The minimum absolute atomic E-state index is 0.0649. The van der Waals surface area contributed by atoms with E-state index in [9.17, 15) is 9.59 Å². The molecule has 3 rings (SSSR count). The van der Waals surface area contributed by atoms with E-state index in [2.05, 4.69) is 24.4 Å². The topological polar surface area (TPSA) is 61.9 Å². The average molecular weight is 367 g/mol. The summed E-state index contributed by atoms with van der Waals surface area (Å²) in [6.45, 7) is 2.51. The van der Waals surface area contributed by atoms with E-state index in [0.29, 0.717) is 11.4 Å². The van der Waals surface area contributed by atoms with E-state index in [-0.39, 0.29) is 30.9 Å². The summed E-state index contributed by atoms with van der Waals surface area (Å²) in [7, 11) is 3.49. The Morgan fingerprint density at radius 2 is 1.85 bits per heavy atom. The third-order valence-corrected chi connectivity index (χ3v) is 4.94. The Kier molecular flexibility index (Phi) is 5.76. The van der Waals surface area contributed by atoms with Gasteiger partial charge in [-0.2, -0.15) is 0 Å². The van der Waals surface area contributed by atoms with E-state index in [1.54, 1.807) is 18.0 Å². The number of para-hydroxylation sites is 2. The number of nitrogens with zero attached hydrogens (tertiary/aromatic N) is 2. The van der Waals surface area contributed by atoms with Crippen LogP contribution in [0.3, 0.4) is 0 Å². The Labute approximate surface area is 159 Å². The van der Waals surface area contributed by atoms with Crippen LogP contribution in [0.2, 0.25) is 0 Å². The SMILES string of the molecule is CNC(=O)[C@@H]1CN(C(=O)CN(C)[C@H](C)c2ccccc2)c2ccccc2O1. The van der Waals surface area contributed by atoms with Gasteiger partial charge in [0.05, 0.1) is 18.8 Å². The standard InChI is InChI=1S/C21H25N3O3/c1-15(16-9-5-4-6-10-16)23(3)14-20(25)24-13-19(21(26)22-2)27-18-12-8-7-11-17(18)24/h4-12,15,19H,13-14H2,1-3H3,(H,22,26)/t15-,19+/m1/s1. The molecule has 1 aliphatic rings. The normalized spacial score (nSPS) is 17.0. The number of benzene rings is 2. The second-order valence-electron chi connectivity index (χ2n) is 6.69. The number of hydrogen-bond acceptors (Lipinski definition) is 4. The molecule has 0 unspecified atom stereocenters. The van der Waals surface area contributed by atoms with Gasteiger partial charge in [-0.05, 0) is 31.7 Å². The minimum atomic E-state index is -0.717. The Morgan fingerprint density at radius 1 is 1.19 bits per heavy atom. The molecule has 0 bridgehead atoms. The fourth-order valence-electron chi connectivity index (χ4n) is 3.19. The molecule has 27 heavy (non-hydrogen) atoms. The zero-order valence-electron chi connectivity index (χ0n) is 15.9. The van der Waals surface area contributed by atoms with Crippen molar-refractivity contribution in [2.75, 3.05) is 32.1 Å². The molecule has 0 saturated heterocycles. The van der Waals surface area contributed by atoms with Gasteiger partial charge in [0.25, 0.3) is 5.91 Å². The van der Waals surface area contributed by atoms with Gasteiger partial charge in [0, 0.05) is 13.1 Å². The van der Waals surface area contributed by atoms with Crippen molar-refractivity contribution in [1.29, 1.82) is 0 Å². The molecule has 0 radical (unpaired) electrons. The summed E-state index contributed by atoms with van der Waals surface area (Å²) in [5, 5.41) is 2.59. The molecule has 1 aliphatic heterocycles. The zero-order chi connectivity index (χ0) is 19.4. The molecule has 2 aromatic rings. The maximum absolute atomic E-state index is 13.1. The lowest BCUT2D eigenvalue weighted by molar-refractivity contribution is -0.128. The highest BCUT2D eigenvalue weighted by atomic mass is 16.5. The molecule has 6 heteroatoms. The van der Waals surface area contributed by atoms with Crippen LogP contribution in [0.25, 0.3) is 0 Å². The summed E-state index contributed by atoms with van der Waals surface area (Å²) in [6.07, 6.45) is -0.717. The molecule has 2 atom stereocenters. The van der Waals surface area contributed by atoms with Gasteiger partial charge in [0.1, 0.15) is 5.75 Å². The number of nitrogens with one attached hydrogen (secondary N) is 1. The van der Waals surface area contributed by atoms with Crippen LogP contribution in [0.15, 0.2) is 54.6 Å². The van der Waals surface area contributed by atoms with Gasteiger partial charge in [-0.25, -0.2) is 0 Å². The average Bonchev–Trinajstić information content (AvgIpc) is 2.72. The molecule has 1 heterocycles. The van der Waals surface area contributed by atoms with Gasteiger partial charge < -0.3 is 15.0 Å². The predicted octanol–water partition coefficient (Wildman–Crippen LogP) is 2.22. The molecular weight excluding hydrogens is 342 g/mol. The summed E-state index contributed by atoms with van der Waals surface area (Å²) in [5.74, 6) is 0.239. The van der Waals surface area contributed by atoms with Crippen LogP contribution >= 0.6 is 0 Å². The second-order valence-corrected chi connectivity index (χ2v) is 6.69. The van der Waals surface area contributed by atoms with E-state index < -0.39 is 6.10 Å². The summed E-state index contributed by atoms with van der Waals surface area (Å²) in [4.78, 5) is 28.8. The number of hydrogen-bond donors (Lipinski definition) is 1. The monoisotopic (exact) mass is 367 g/mol. The van der Waals surface area contributed by atoms with Crippen molar-refractivity contribution in [3.63, 3.8) is 0 Å². The van der Waals surface area contributed by atoms with Crippen LogP contribution < -0.4 is 15.0 Å². The highest BCUT2D eigenvalue weighted by molar-refractivity contribution is 5.98. The van der Waals surface area contributed by atoms with Crippen LogP contribution in [0, 0.1) is 0 Å². The zero-order valence-corrected chi connectivity index (χ0v) is 15.9. The first-order valence-corrected chi connectivity index (χ1v) is 9.04. The van der Waals surface area contributed by atoms with Crippen molar-refractivity contribution in [2.45, 2.75) is 19.1 Å². The molecule has 2 aromatic carbocycles. The molecule has 2 amide bonds. The van der Waals surface area contributed by atoms with Crippen molar-refractivity contribution < 1.29 is 14.3 Å². The van der Waals surface area contributed by atoms with E-state index in [1.165, 1.54) is 0 Å². The van der Waals surface area contributed by atoms with Gasteiger partial charge in [-0.3, -0.25) is 14.5 Å². The first-order valence-electron chi connectivity index (χ1n) is 9.04. The molecule has 0 aromatic heterocycles. The number of anilines is 1. The summed E-state index contributed by atoms with van der Waals surface area (Å²) in [6, 6.07) is 17.5. The number of carbonyl (C=O) groups excluding carboxylic acids is 2. The molecule has 142 valence electrons. The predicted molar refractivity (Wildman–Crippen MR) is 105 cm³/mol. The Bertz CT molecular complexity index is 809. The molecule has 0 fully saturated rings. The summed E-state index contributed by atoms with van der Waals surface area (Å²) >= 11 is 0. The van der Waals surface area contributed by atoms with Crippen LogP contribution in [-0.2, 0) is 9.59 Å². The van der Waals surface area contributed by atoms with Crippen LogP contribution in [-0.4, -0.2) is 50.0 Å². The van der Waals surface area contributed by atoms with E-state index in [0.717, 1.165) is 5.56 Å². The van der Waals surface area contributed by atoms with Crippen molar-refractivity contribution in [3.05, 3.63) is 60.2 Å². The van der Waals surface area contributed by atoms with Crippen LogP contribution in [0.1, 0.15) is 18.5 Å². The first kappa shape index (κ1) is 18.9. The Hall–Kier alpha value is -2.86.